The van der Waals surface area contributed by atoms with Crippen LogP contribution < -0.4 is 5.32 Å². The number of ketones is 1. The fraction of sp³-hybridized carbons (Fsp3) is 0.375. The van der Waals surface area contributed by atoms with Crippen LogP contribution >= 0.6 is 0 Å². The van der Waals surface area contributed by atoms with Crippen LogP contribution in [0.4, 0.5) is 0 Å². The second-order valence-corrected chi connectivity index (χ2v) is 7.88. The average molecular weight is 421 g/mol. The highest BCUT2D eigenvalue weighted by Crippen LogP contribution is 2.24. The number of H-pyrrole nitrogens is 1. The Bertz CT molecular complexity index is 1000. The van der Waals surface area contributed by atoms with E-state index in [1.54, 1.807) is 12.3 Å². The molecule has 0 aliphatic carbocycles. The minimum absolute atomic E-state index is 0.111. The van der Waals surface area contributed by atoms with Crippen molar-refractivity contribution in [3.63, 3.8) is 0 Å². The largest absolute Gasteiger partial charge is 0.379 e. The van der Waals surface area contributed by atoms with E-state index in [1.807, 2.05) is 37.3 Å². The molecule has 2 aliphatic heterocycles. The molecule has 0 spiro atoms. The molecule has 3 heterocycles. The quantitative estimate of drug-likeness (QED) is 0.507. The molecule has 1 aromatic carbocycles. The molecule has 1 saturated heterocycles. The summed E-state index contributed by atoms with van der Waals surface area (Å²) in [5.74, 6) is -0.310. The van der Waals surface area contributed by atoms with Gasteiger partial charge in [-0.1, -0.05) is 30.3 Å². The lowest BCUT2D eigenvalue weighted by molar-refractivity contribution is 0.0374. The van der Waals surface area contributed by atoms with E-state index in [1.165, 1.54) is 0 Å². The standard InChI is InChI=1S/C24H28N4O3/c1-17-15-27-22(18-6-3-2-4-7-18)21(17)23(29)19-14-20(26-16-19)24(30)25-8-5-9-28-10-12-31-13-11-28/h2-4,6-7,14,16,26H,5,8-13,15H2,1H3,(H,25,30). The fourth-order valence-electron chi connectivity index (χ4n) is 3.92. The van der Waals surface area contributed by atoms with Gasteiger partial charge in [-0.3, -0.25) is 19.5 Å². The van der Waals surface area contributed by atoms with Crippen molar-refractivity contribution in [1.29, 1.82) is 0 Å². The predicted octanol–water partition coefficient (Wildman–Crippen LogP) is 2.47. The zero-order chi connectivity index (χ0) is 21.6. The molecule has 0 radical (unpaired) electrons. The maximum Gasteiger partial charge on any atom is 0.267 e. The number of nitrogens with zero attached hydrogens (tertiary/aromatic N) is 2. The predicted molar refractivity (Wildman–Crippen MR) is 120 cm³/mol. The number of carbonyl (C=O) groups is 2. The lowest BCUT2D eigenvalue weighted by Gasteiger charge is -2.26. The summed E-state index contributed by atoms with van der Waals surface area (Å²) in [4.78, 5) is 35.5. The van der Waals surface area contributed by atoms with Gasteiger partial charge >= 0.3 is 0 Å². The zero-order valence-electron chi connectivity index (χ0n) is 17.8. The van der Waals surface area contributed by atoms with Crippen molar-refractivity contribution in [2.75, 3.05) is 45.9 Å². The van der Waals surface area contributed by atoms with Crippen LogP contribution in [0.25, 0.3) is 0 Å². The number of morpholine rings is 1. The highest BCUT2D eigenvalue weighted by Gasteiger charge is 2.26. The van der Waals surface area contributed by atoms with Gasteiger partial charge in [-0.2, -0.15) is 0 Å². The molecule has 0 bridgehead atoms. The molecule has 162 valence electrons. The summed E-state index contributed by atoms with van der Waals surface area (Å²) in [6.45, 7) is 7.42. The highest BCUT2D eigenvalue weighted by molar-refractivity contribution is 6.34. The van der Waals surface area contributed by atoms with Crippen molar-refractivity contribution in [2.45, 2.75) is 13.3 Å². The number of ether oxygens (including phenoxy) is 1. The van der Waals surface area contributed by atoms with Crippen molar-refractivity contribution in [1.82, 2.24) is 15.2 Å². The Hall–Kier alpha value is -3.03. The van der Waals surface area contributed by atoms with E-state index < -0.39 is 0 Å². The molecule has 0 saturated carbocycles. The summed E-state index contributed by atoms with van der Waals surface area (Å²) in [7, 11) is 0. The molecule has 31 heavy (non-hydrogen) atoms. The van der Waals surface area contributed by atoms with E-state index >= 15 is 0 Å². The first-order chi connectivity index (χ1) is 15.1. The number of amides is 1. The molecular weight excluding hydrogens is 392 g/mol. The van der Waals surface area contributed by atoms with Crippen LogP contribution in [0.15, 0.2) is 58.7 Å². The molecule has 1 amide bonds. The number of rotatable bonds is 8. The Morgan fingerprint density at radius 1 is 1.19 bits per heavy atom. The number of hydrogen-bond acceptors (Lipinski definition) is 5. The van der Waals surface area contributed by atoms with Crippen LogP contribution in [0.2, 0.25) is 0 Å². The molecule has 4 rings (SSSR count). The first kappa shape index (κ1) is 21.2. The third-order valence-electron chi connectivity index (χ3n) is 5.64. The van der Waals surface area contributed by atoms with Crippen molar-refractivity contribution in [3.05, 3.63) is 70.6 Å². The van der Waals surface area contributed by atoms with Crippen LogP contribution in [-0.4, -0.2) is 73.2 Å². The smallest absolute Gasteiger partial charge is 0.267 e. The van der Waals surface area contributed by atoms with E-state index in [2.05, 4.69) is 20.2 Å². The Morgan fingerprint density at radius 2 is 1.97 bits per heavy atom. The van der Waals surface area contributed by atoms with E-state index in [9.17, 15) is 9.59 Å². The van der Waals surface area contributed by atoms with Crippen LogP contribution in [-0.2, 0) is 4.74 Å². The molecule has 0 unspecified atom stereocenters. The van der Waals surface area contributed by atoms with E-state index in [4.69, 9.17) is 4.74 Å². The number of hydrogen-bond donors (Lipinski definition) is 2. The third-order valence-corrected chi connectivity index (χ3v) is 5.64. The summed E-state index contributed by atoms with van der Waals surface area (Å²) < 4.78 is 5.35. The molecule has 1 fully saturated rings. The molecule has 7 heteroatoms. The number of allylic oxidation sites excluding steroid dienone is 1. The van der Waals surface area contributed by atoms with Crippen LogP contribution in [0.1, 0.15) is 39.8 Å². The molecule has 2 aromatic rings. The van der Waals surface area contributed by atoms with Gasteiger partial charge in [0.2, 0.25) is 0 Å². The van der Waals surface area contributed by atoms with Crippen molar-refractivity contribution in [2.24, 2.45) is 4.99 Å². The van der Waals surface area contributed by atoms with Crippen LogP contribution in [0, 0.1) is 0 Å². The Balaban J connectivity index is 1.35. The lowest BCUT2D eigenvalue weighted by Crippen LogP contribution is -2.38. The number of nitrogens with one attached hydrogen (secondary N) is 2. The van der Waals surface area contributed by atoms with Gasteiger partial charge in [0.1, 0.15) is 5.69 Å². The first-order valence-electron chi connectivity index (χ1n) is 10.7. The fourth-order valence-corrected chi connectivity index (χ4v) is 3.92. The Labute approximate surface area is 182 Å². The van der Waals surface area contributed by atoms with Gasteiger partial charge in [-0.15, -0.1) is 0 Å². The van der Waals surface area contributed by atoms with Crippen molar-refractivity contribution < 1.29 is 14.3 Å². The van der Waals surface area contributed by atoms with Gasteiger partial charge in [-0.25, -0.2) is 0 Å². The van der Waals surface area contributed by atoms with Gasteiger partial charge in [0.15, 0.2) is 5.78 Å². The zero-order valence-corrected chi connectivity index (χ0v) is 17.8. The maximum atomic E-state index is 13.2. The minimum atomic E-state index is -0.199. The average Bonchev–Trinajstić information content (AvgIpc) is 3.45. The number of aromatic amines is 1. The summed E-state index contributed by atoms with van der Waals surface area (Å²) in [6, 6.07) is 11.3. The minimum Gasteiger partial charge on any atom is -0.379 e. The monoisotopic (exact) mass is 420 g/mol. The Kier molecular flexibility index (Phi) is 6.74. The summed E-state index contributed by atoms with van der Waals surface area (Å²) >= 11 is 0. The van der Waals surface area contributed by atoms with E-state index in [0.717, 1.165) is 56.1 Å². The van der Waals surface area contributed by atoms with Gasteiger partial charge < -0.3 is 15.0 Å². The molecule has 0 atom stereocenters. The van der Waals surface area contributed by atoms with Crippen LogP contribution in [0.3, 0.4) is 0 Å². The number of benzene rings is 1. The van der Waals surface area contributed by atoms with Gasteiger partial charge in [-0.05, 0) is 31.5 Å². The molecule has 2 aliphatic rings. The van der Waals surface area contributed by atoms with Crippen molar-refractivity contribution in [3.8, 4) is 0 Å². The van der Waals surface area contributed by atoms with Gasteiger partial charge in [0.25, 0.3) is 5.91 Å². The Morgan fingerprint density at radius 3 is 2.74 bits per heavy atom. The molecule has 7 nitrogen and oxygen atoms in total. The molecule has 1 aromatic heterocycles. The second-order valence-electron chi connectivity index (χ2n) is 7.88. The summed E-state index contributed by atoms with van der Waals surface area (Å²) in [5.41, 5.74) is 4.08. The first-order valence-corrected chi connectivity index (χ1v) is 10.7. The SMILES string of the molecule is CC1=C(C(=O)c2c[nH]c(C(=O)NCCCN3CCOCC3)c2)C(c2ccccc2)=NC1. The number of aromatic nitrogens is 1. The number of carbonyl (C=O) groups excluding carboxylic acids is 2. The summed E-state index contributed by atoms with van der Waals surface area (Å²) in [6.07, 6.45) is 2.48. The maximum absolute atomic E-state index is 13.2. The van der Waals surface area contributed by atoms with E-state index in [0.29, 0.717) is 29.9 Å². The van der Waals surface area contributed by atoms with Crippen molar-refractivity contribution >= 4 is 17.4 Å². The topological polar surface area (TPSA) is 86.8 Å². The van der Waals surface area contributed by atoms with E-state index in [-0.39, 0.29) is 11.7 Å². The molecular formula is C24H28N4O3. The van der Waals surface area contributed by atoms with Gasteiger partial charge in [0.05, 0.1) is 25.5 Å². The molecule has 2 N–H and O–H groups in total. The normalized spacial score (nSPS) is 17.0. The van der Waals surface area contributed by atoms with Crippen LogP contribution in [0.5, 0.6) is 0 Å². The summed E-state index contributed by atoms with van der Waals surface area (Å²) in [5, 5.41) is 2.93. The number of aliphatic imine (C=N–C) groups is 1. The number of Topliss-reactive ketones (excluding diaryl/α,β-unsaturated/α-hetero) is 1. The third kappa shape index (κ3) is 5.00. The second kappa shape index (κ2) is 9.85. The lowest BCUT2D eigenvalue weighted by atomic mass is 9.94. The van der Waals surface area contributed by atoms with Gasteiger partial charge in [0, 0.05) is 42.5 Å². The highest BCUT2D eigenvalue weighted by atomic mass is 16.5.